The molecule has 3 rings (SSSR count). The molecule has 0 unspecified atom stereocenters. The highest BCUT2D eigenvalue weighted by Crippen LogP contribution is 2.19. The number of hydrogen-bond acceptors (Lipinski definition) is 3. The number of carbonyl (C=O) groups is 1. The highest BCUT2D eigenvalue weighted by molar-refractivity contribution is 5.95. The van der Waals surface area contributed by atoms with Gasteiger partial charge in [0.1, 0.15) is 5.82 Å². The van der Waals surface area contributed by atoms with Crippen molar-refractivity contribution in [3.63, 3.8) is 0 Å². The number of anilines is 2. The average Bonchev–Trinajstić information content (AvgIpc) is 2.91. The summed E-state index contributed by atoms with van der Waals surface area (Å²) in [6.45, 7) is 6.26. The number of rotatable bonds is 4. The molecule has 0 aliphatic carbocycles. The first kappa shape index (κ1) is 16.1. The molecule has 3 aromatic rings. The van der Waals surface area contributed by atoms with Gasteiger partial charge in [0, 0.05) is 22.6 Å². The van der Waals surface area contributed by atoms with Crippen molar-refractivity contribution in [2.75, 3.05) is 10.6 Å². The van der Waals surface area contributed by atoms with Crippen LogP contribution in [0.25, 0.3) is 10.9 Å². The number of fused-ring (bicyclic) bond motifs is 1. The van der Waals surface area contributed by atoms with E-state index in [2.05, 4.69) is 41.4 Å². The van der Waals surface area contributed by atoms with Gasteiger partial charge >= 0.3 is 0 Å². The van der Waals surface area contributed by atoms with E-state index in [1.54, 1.807) is 12.3 Å². The second-order valence-corrected chi connectivity index (χ2v) is 6.89. The van der Waals surface area contributed by atoms with Crippen LogP contribution in [0.3, 0.4) is 0 Å². The quantitative estimate of drug-likeness (QED) is 0.681. The number of nitrogens with one attached hydrogen (secondary N) is 3. The second kappa shape index (κ2) is 6.35. The van der Waals surface area contributed by atoms with Crippen molar-refractivity contribution in [3.8, 4) is 0 Å². The van der Waals surface area contributed by atoms with Gasteiger partial charge in [-0.2, -0.15) is 0 Å². The predicted octanol–water partition coefficient (Wildman–Crippen LogP) is 3.95. The highest BCUT2D eigenvalue weighted by Gasteiger charge is 2.11. The van der Waals surface area contributed by atoms with E-state index in [4.69, 9.17) is 0 Å². The number of para-hydroxylation sites is 1. The summed E-state index contributed by atoms with van der Waals surface area (Å²) >= 11 is 0. The third kappa shape index (κ3) is 3.93. The van der Waals surface area contributed by atoms with E-state index in [9.17, 15) is 4.79 Å². The number of hydrogen-bond donors (Lipinski definition) is 3. The van der Waals surface area contributed by atoms with Crippen molar-refractivity contribution in [3.05, 3.63) is 54.4 Å². The van der Waals surface area contributed by atoms with Gasteiger partial charge in [0.2, 0.25) is 5.91 Å². The van der Waals surface area contributed by atoms with Crippen molar-refractivity contribution in [1.82, 2.24) is 9.97 Å². The molecular weight excluding hydrogens is 300 g/mol. The van der Waals surface area contributed by atoms with E-state index >= 15 is 0 Å². The van der Waals surface area contributed by atoms with Crippen molar-refractivity contribution in [2.24, 2.45) is 0 Å². The number of benzene rings is 1. The summed E-state index contributed by atoms with van der Waals surface area (Å²) in [6.07, 6.45) is 3.92. The third-order valence-electron chi connectivity index (χ3n) is 3.58. The number of aromatic nitrogens is 2. The SMILES string of the molecule is CC(C)(C)Nc1ccc(NC(=O)Cc2c[nH]c3ccccc23)nc1. The van der Waals surface area contributed by atoms with Crippen molar-refractivity contribution < 1.29 is 4.79 Å². The first-order chi connectivity index (χ1) is 11.4. The average molecular weight is 322 g/mol. The smallest absolute Gasteiger partial charge is 0.230 e. The van der Waals surface area contributed by atoms with Gasteiger partial charge in [-0.25, -0.2) is 4.98 Å². The normalized spacial score (nSPS) is 11.5. The van der Waals surface area contributed by atoms with Crippen LogP contribution < -0.4 is 10.6 Å². The van der Waals surface area contributed by atoms with Gasteiger partial charge in [0.25, 0.3) is 0 Å². The molecule has 1 amide bonds. The van der Waals surface area contributed by atoms with Crippen LogP contribution >= 0.6 is 0 Å². The standard InChI is InChI=1S/C19H22N4O/c1-19(2,3)23-14-8-9-17(21-12-14)22-18(24)10-13-11-20-16-7-5-4-6-15(13)16/h4-9,11-12,20,23H,10H2,1-3H3,(H,21,22,24). The molecule has 0 bridgehead atoms. The zero-order chi connectivity index (χ0) is 17.2. The number of pyridine rings is 1. The lowest BCUT2D eigenvalue weighted by atomic mass is 10.1. The zero-order valence-corrected chi connectivity index (χ0v) is 14.2. The van der Waals surface area contributed by atoms with Crippen molar-refractivity contribution in [1.29, 1.82) is 0 Å². The number of amides is 1. The van der Waals surface area contributed by atoms with Gasteiger partial charge < -0.3 is 15.6 Å². The Morgan fingerprint density at radius 3 is 2.67 bits per heavy atom. The van der Waals surface area contributed by atoms with E-state index in [1.165, 1.54) is 0 Å². The van der Waals surface area contributed by atoms with Crippen LogP contribution in [-0.4, -0.2) is 21.4 Å². The van der Waals surface area contributed by atoms with Gasteiger partial charge in [0.05, 0.1) is 18.3 Å². The van der Waals surface area contributed by atoms with Crippen molar-refractivity contribution in [2.45, 2.75) is 32.7 Å². The molecule has 3 N–H and O–H groups in total. The molecule has 24 heavy (non-hydrogen) atoms. The van der Waals surface area contributed by atoms with Crippen LogP contribution in [0.1, 0.15) is 26.3 Å². The maximum Gasteiger partial charge on any atom is 0.230 e. The summed E-state index contributed by atoms with van der Waals surface area (Å²) in [5.41, 5.74) is 2.92. The van der Waals surface area contributed by atoms with Crippen LogP contribution in [0.15, 0.2) is 48.8 Å². The van der Waals surface area contributed by atoms with Crippen LogP contribution in [0.2, 0.25) is 0 Å². The number of H-pyrrole nitrogens is 1. The third-order valence-corrected chi connectivity index (χ3v) is 3.58. The summed E-state index contributed by atoms with van der Waals surface area (Å²) in [5.74, 6) is 0.475. The van der Waals surface area contributed by atoms with Gasteiger partial charge in [-0.15, -0.1) is 0 Å². The zero-order valence-electron chi connectivity index (χ0n) is 14.2. The molecule has 124 valence electrons. The maximum absolute atomic E-state index is 12.3. The van der Waals surface area contributed by atoms with Gasteiger partial charge in [-0.3, -0.25) is 4.79 Å². The Morgan fingerprint density at radius 2 is 1.96 bits per heavy atom. The number of aromatic amines is 1. The molecule has 0 atom stereocenters. The molecule has 2 heterocycles. The molecule has 2 aromatic heterocycles. The Bertz CT molecular complexity index is 844. The molecule has 1 aromatic carbocycles. The lowest BCUT2D eigenvalue weighted by molar-refractivity contribution is -0.115. The van der Waals surface area contributed by atoms with Crippen molar-refractivity contribution >= 4 is 28.3 Å². The molecule has 0 aliphatic heterocycles. The Kier molecular flexibility index (Phi) is 4.25. The molecule has 0 spiro atoms. The Hall–Kier alpha value is -2.82. The van der Waals surface area contributed by atoms with E-state index in [-0.39, 0.29) is 11.4 Å². The minimum absolute atomic E-state index is 0.0260. The van der Waals surface area contributed by atoms with Gasteiger partial charge in [-0.05, 0) is 44.5 Å². The predicted molar refractivity (Wildman–Crippen MR) is 98.2 cm³/mol. The second-order valence-electron chi connectivity index (χ2n) is 6.89. The first-order valence-electron chi connectivity index (χ1n) is 8.00. The van der Waals surface area contributed by atoms with Gasteiger partial charge in [-0.1, -0.05) is 18.2 Å². The Balaban J connectivity index is 1.64. The molecule has 0 saturated heterocycles. The van der Waals surface area contributed by atoms with Crippen LogP contribution in [-0.2, 0) is 11.2 Å². The maximum atomic E-state index is 12.3. The fourth-order valence-electron chi connectivity index (χ4n) is 2.61. The molecule has 0 aliphatic rings. The lowest BCUT2D eigenvalue weighted by Crippen LogP contribution is -2.26. The fourth-order valence-corrected chi connectivity index (χ4v) is 2.61. The number of nitrogens with zero attached hydrogens (tertiary/aromatic N) is 1. The topological polar surface area (TPSA) is 69.8 Å². The summed E-state index contributed by atoms with van der Waals surface area (Å²) in [7, 11) is 0. The highest BCUT2D eigenvalue weighted by atomic mass is 16.1. The summed E-state index contributed by atoms with van der Waals surface area (Å²) in [4.78, 5) is 19.7. The van der Waals surface area contributed by atoms with E-state index in [0.717, 1.165) is 22.2 Å². The summed E-state index contributed by atoms with van der Waals surface area (Å²) in [6, 6.07) is 11.7. The van der Waals surface area contributed by atoms with Crippen LogP contribution in [0.5, 0.6) is 0 Å². The largest absolute Gasteiger partial charge is 0.379 e. The van der Waals surface area contributed by atoms with E-state index in [1.807, 2.05) is 36.5 Å². The van der Waals surface area contributed by atoms with E-state index in [0.29, 0.717) is 12.2 Å². The van der Waals surface area contributed by atoms with Crippen LogP contribution in [0, 0.1) is 0 Å². The summed E-state index contributed by atoms with van der Waals surface area (Å²) < 4.78 is 0. The first-order valence-corrected chi connectivity index (χ1v) is 8.00. The molecular formula is C19H22N4O. The monoisotopic (exact) mass is 322 g/mol. The molecule has 0 saturated carbocycles. The lowest BCUT2D eigenvalue weighted by Gasteiger charge is -2.21. The Morgan fingerprint density at radius 1 is 1.17 bits per heavy atom. The summed E-state index contributed by atoms with van der Waals surface area (Å²) in [5, 5.41) is 7.26. The van der Waals surface area contributed by atoms with Crippen LogP contribution in [0.4, 0.5) is 11.5 Å². The molecule has 5 nitrogen and oxygen atoms in total. The fraction of sp³-hybridized carbons (Fsp3) is 0.263. The molecule has 0 radical (unpaired) electrons. The molecule has 5 heteroatoms. The number of carbonyl (C=O) groups excluding carboxylic acids is 1. The minimum atomic E-state index is -0.0798. The molecule has 0 fully saturated rings. The Labute approximate surface area is 141 Å². The van der Waals surface area contributed by atoms with E-state index < -0.39 is 0 Å². The minimum Gasteiger partial charge on any atom is -0.379 e. The van der Waals surface area contributed by atoms with Gasteiger partial charge in [0.15, 0.2) is 0 Å².